The minimum absolute atomic E-state index is 0.00599. The van der Waals surface area contributed by atoms with Crippen molar-refractivity contribution in [2.45, 2.75) is 13.8 Å². The summed E-state index contributed by atoms with van der Waals surface area (Å²) in [6.45, 7) is 3.61. The lowest BCUT2D eigenvalue weighted by atomic mass is 10.1. The number of pyridine rings is 1. The number of carboxylic acids is 1. The number of carbonyl (C=O) groups is 1. The Morgan fingerprint density at radius 1 is 1.19 bits per heavy atom. The Morgan fingerprint density at radius 2 is 1.84 bits per heavy atom. The van der Waals surface area contributed by atoms with Gasteiger partial charge in [-0.05, 0) is 73.0 Å². The molecule has 9 nitrogen and oxygen atoms in total. The average Bonchev–Trinajstić information content (AvgIpc) is 2.75. The van der Waals surface area contributed by atoms with Crippen LogP contribution in [0.3, 0.4) is 0 Å². The van der Waals surface area contributed by atoms with Gasteiger partial charge < -0.3 is 15.2 Å². The van der Waals surface area contributed by atoms with Crippen LogP contribution in [0.25, 0.3) is 6.08 Å². The molecule has 1 aromatic heterocycles. The van der Waals surface area contributed by atoms with E-state index in [1.54, 1.807) is 36.4 Å². The van der Waals surface area contributed by atoms with Crippen LogP contribution in [0.5, 0.6) is 11.6 Å². The van der Waals surface area contributed by atoms with E-state index in [4.69, 9.17) is 15.1 Å². The summed E-state index contributed by atoms with van der Waals surface area (Å²) in [6, 6.07) is 14.6. The molecule has 0 unspecified atom stereocenters. The van der Waals surface area contributed by atoms with Crippen molar-refractivity contribution in [1.82, 2.24) is 4.98 Å². The van der Waals surface area contributed by atoms with Gasteiger partial charge in [-0.2, -0.15) is 10.2 Å². The van der Waals surface area contributed by atoms with Gasteiger partial charge in [-0.25, -0.2) is 4.79 Å². The second-order valence-corrected chi connectivity index (χ2v) is 6.85. The van der Waals surface area contributed by atoms with Crippen molar-refractivity contribution in [3.05, 3.63) is 87.0 Å². The highest BCUT2D eigenvalue weighted by Gasteiger charge is 2.18. The molecule has 32 heavy (non-hydrogen) atoms. The van der Waals surface area contributed by atoms with E-state index < -0.39 is 10.9 Å². The molecule has 2 aromatic carbocycles. The predicted molar refractivity (Wildman–Crippen MR) is 118 cm³/mol. The van der Waals surface area contributed by atoms with Crippen LogP contribution in [0.4, 0.5) is 17.2 Å². The Morgan fingerprint density at radius 3 is 2.41 bits per heavy atom. The number of nitriles is 1. The molecule has 0 amide bonds. The van der Waals surface area contributed by atoms with Crippen LogP contribution < -0.4 is 10.1 Å². The Labute approximate surface area is 183 Å². The Hall–Kier alpha value is -4.71. The number of nitrogens with zero attached hydrogens (tertiary/aromatic N) is 3. The molecule has 0 atom stereocenters. The number of aliphatic carboxylic acids is 1. The summed E-state index contributed by atoms with van der Waals surface area (Å²) in [7, 11) is 0. The van der Waals surface area contributed by atoms with Crippen molar-refractivity contribution >= 4 is 29.2 Å². The lowest BCUT2D eigenvalue weighted by Gasteiger charge is -2.13. The fourth-order valence-corrected chi connectivity index (χ4v) is 3.01. The van der Waals surface area contributed by atoms with Crippen molar-refractivity contribution in [2.75, 3.05) is 5.32 Å². The van der Waals surface area contributed by atoms with Crippen molar-refractivity contribution < 1.29 is 19.6 Å². The van der Waals surface area contributed by atoms with E-state index in [0.29, 0.717) is 22.6 Å². The van der Waals surface area contributed by atoms with E-state index in [1.165, 1.54) is 18.2 Å². The first-order valence-electron chi connectivity index (χ1n) is 9.39. The summed E-state index contributed by atoms with van der Waals surface area (Å²) >= 11 is 0. The third-order valence-corrected chi connectivity index (χ3v) is 4.43. The van der Waals surface area contributed by atoms with E-state index in [2.05, 4.69) is 10.3 Å². The highest BCUT2D eigenvalue weighted by atomic mass is 16.6. The molecule has 0 radical (unpaired) electrons. The largest absolute Gasteiger partial charge is 0.478 e. The molecule has 0 aliphatic rings. The summed E-state index contributed by atoms with van der Waals surface area (Å²) < 4.78 is 5.91. The quantitative estimate of drug-likeness (QED) is 0.299. The van der Waals surface area contributed by atoms with Gasteiger partial charge in [0.05, 0.1) is 16.6 Å². The number of nitro groups is 1. The molecular weight excluding hydrogens is 412 g/mol. The highest BCUT2D eigenvalue weighted by molar-refractivity contribution is 5.85. The molecule has 160 valence electrons. The van der Waals surface area contributed by atoms with Gasteiger partial charge in [0.15, 0.2) is 0 Å². The normalized spacial score (nSPS) is 10.5. The number of ether oxygens (including phenoxy) is 1. The number of carboxylic acid groups (broad SMARTS) is 1. The van der Waals surface area contributed by atoms with E-state index in [9.17, 15) is 14.9 Å². The van der Waals surface area contributed by atoms with Crippen molar-refractivity contribution in [3.63, 3.8) is 0 Å². The van der Waals surface area contributed by atoms with Gasteiger partial charge in [0.2, 0.25) is 11.7 Å². The zero-order valence-corrected chi connectivity index (χ0v) is 17.2. The summed E-state index contributed by atoms with van der Waals surface area (Å²) in [5.41, 5.74) is 2.95. The van der Waals surface area contributed by atoms with Crippen molar-refractivity contribution in [2.24, 2.45) is 0 Å². The molecule has 0 bridgehead atoms. The zero-order valence-electron chi connectivity index (χ0n) is 17.2. The topological polar surface area (TPSA) is 138 Å². The Bertz CT molecular complexity index is 1240. The third-order valence-electron chi connectivity index (χ3n) is 4.43. The number of anilines is 2. The number of aryl methyl sites for hydroxylation is 2. The number of rotatable bonds is 7. The van der Waals surface area contributed by atoms with Crippen LogP contribution in [0.15, 0.2) is 54.6 Å². The van der Waals surface area contributed by atoms with Gasteiger partial charge in [0, 0.05) is 23.9 Å². The number of hydrogen-bond donors (Lipinski definition) is 2. The first-order valence-corrected chi connectivity index (χ1v) is 9.39. The maximum Gasteiger partial charge on any atom is 0.328 e. The van der Waals surface area contributed by atoms with E-state index >= 15 is 0 Å². The third kappa shape index (κ3) is 5.25. The highest BCUT2D eigenvalue weighted by Crippen LogP contribution is 2.33. The SMILES string of the molecule is Cc1cc(/C=C/C(=O)O)cc(C)c1Oc1ccc([N+](=O)[O-])c(Nc2ccc(C#N)cc2)n1. The molecule has 1 heterocycles. The lowest BCUT2D eigenvalue weighted by molar-refractivity contribution is -0.384. The van der Waals surface area contributed by atoms with Crippen LogP contribution in [0.1, 0.15) is 22.3 Å². The number of aromatic nitrogens is 1. The van der Waals surface area contributed by atoms with Gasteiger partial charge in [0.1, 0.15) is 5.75 Å². The van der Waals surface area contributed by atoms with Gasteiger partial charge >= 0.3 is 11.7 Å². The van der Waals surface area contributed by atoms with Crippen LogP contribution in [-0.2, 0) is 4.79 Å². The van der Waals surface area contributed by atoms with Crippen molar-refractivity contribution in [1.29, 1.82) is 5.26 Å². The minimum atomic E-state index is -1.04. The van der Waals surface area contributed by atoms with E-state index in [-0.39, 0.29) is 17.4 Å². The van der Waals surface area contributed by atoms with E-state index in [1.807, 2.05) is 19.9 Å². The summed E-state index contributed by atoms with van der Waals surface area (Å²) in [6.07, 6.45) is 2.53. The lowest BCUT2D eigenvalue weighted by Crippen LogP contribution is -2.02. The van der Waals surface area contributed by atoms with Crippen molar-refractivity contribution in [3.8, 4) is 17.7 Å². The fraction of sp³-hybridized carbons (Fsp3) is 0.0870. The maximum atomic E-state index is 11.4. The number of nitrogens with one attached hydrogen (secondary N) is 1. The van der Waals surface area contributed by atoms with Crippen LogP contribution in [0, 0.1) is 35.3 Å². The molecular formula is C23H18N4O5. The van der Waals surface area contributed by atoms with Crippen LogP contribution in [0.2, 0.25) is 0 Å². The molecule has 0 saturated carbocycles. The first kappa shape index (κ1) is 22.0. The zero-order chi connectivity index (χ0) is 23.3. The van der Waals surface area contributed by atoms with E-state index in [0.717, 1.165) is 17.2 Å². The average molecular weight is 430 g/mol. The number of hydrogen-bond acceptors (Lipinski definition) is 7. The van der Waals surface area contributed by atoms with Gasteiger partial charge in [-0.1, -0.05) is 0 Å². The van der Waals surface area contributed by atoms with Gasteiger partial charge in [-0.15, -0.1) is 0 Å². The maximum absolute atomic E-state index is 11.4. The second kappa shape index (κ2) is 9.40. The molecule has 3 aromatic rings. The van der Waals surface area contributed by atoms with Gasteiger partial charge in [0.25, 0.3) is 0 Å². The minimum Gasteiger partial charge on any atom is -0.478 e. The monoisotopic (exact) mass is 430 g/mol. The molecule has 9 heteroatoms. The summed E-state index contributed by atoms with van der Waals surface area (Å²) in [4.78, 5) is 25.9. The first-order chi connectivity index (χ1) is 15.3. The summed E-state index contributed by atoms with van der Waals surface area (Å²) in [5.74, 6) is -0.388. The number of benzene rings is 2. The molecule has 0 aliphatic carbocycles. The van der Waals surface area contributed by atoms with Gasteiger partial charge in [-0.3, -0.25) is 10.1 Å². The molecule has 0 aliphatic heterocycles. The Balaban J connectivity index is 1.92. The second-order valence-electron chi connectivity index (χ2n) is 6.85. The predicted octanol–water partition coefficient (Wildman–Crippen LogP) is 5.11. The summed E-state index contributed by atoms with van der Waals surface area (Å²) in [5, 5.41) is 32.0. The standard InChI is InChI=1S/C23H18N4O5/c1-14-11-17(5-10-21(28)29)12-15(2)22(14)32-20-9-8-19(27(30)31)23(26-20)25-18-6-3-16(13-24)4-7-18/h3-12H,1-2H3,(H,25,26)(H,28,29)/b10-5+. The van der Waals surface area contributed by atoms with Crippen LogP contribution >= 0.6 is 0 Å². The smallest absolute Gasteiger partial charge is 0.328 e. The fourth-order valence-electron chi connectivity index (χ4n) is 3.01. The molecule has 0 spiro atoms. The molecule has 3 rings (SSSR count). The van der Waals surface area contributed by atoms with Crippen LogP contribution in [-0.4, -0.2) is 21.0 Å². The molecule has 0 fully saturated rings. The molecule has 2 N–H and O–H groups in total. The molecule has 0 saturated heterocycles. The Kier molecular flexibility index (Phi) is 6.46.